The third-order valence-corrected chi connectivity index (χ3v) is 3.92. The van der Waals surface area contributed by atoms with Gasteiger partial charge in [0.25, 0.3) is 0 Å². The lowest BCUT2D eigenvalue weighted by Crippen LogP contribution is -2.02. The van der Waals surface area contributed by atoms with E-state index in [1.54, 1.807) is 12.1 Å². The van der Waals surface area contributed by atoms with E-state index in [0.717, 1.165) is 17.5 Å². The third-order valence-electron chi connectivity index (χ3n) is 3.19. The minimum Gasteiger partial charge on any atom is -0.388 e. The van der Waals surface area contributed by atoms with E-state index >= 15 is 0 Å². The molecule has 0 radical (unpaired) electrons. The molecule has 1 unspecified atom stereocenters. The van der Waals surface area contributed by atoms with Crippen molar-refractivity contribution in [1.29, 1.82) is 0 Å². The quantitative estimate of drug-likeness (QED) is 0.856. The van der Waals surface area contributed by atoms with Crippen LogP contribution in [0.1, 0.15) is 29.7 Å². The highest BCUT2D eigenvalue weighted by molar-refractivity contribution is 6.42. The first kappa shape index (κ1) is 14.4. The van der Waals surface area contributed by atoms with Crippen LogP contribution in [0.3, 0.4) is 0 Å². The molecule has 0 amide bonds. The minimum absolute atomic E-state index is 0.521. The van der Waals surface area contributed by atoms with Crippen LogP contribution in [0.5, 0.6) is 0 Å². The van der Waals surface area contributed by atoms with E-state index in [4.69, 9.17) is 23.2 Å². The molecular formula is C16H16Cl2O. The van der Waals surface area contributed by atoms with Crippen molar-refractivity contribution in [3.8, 4) is 0 Å². The van der Waals surface area contributed by atoms with Crippen LogP contribution in [0, 0.1) is 0 Å². The molecule has 0 fully saturated rings. The summed E-state index contributed by atoms with van der Waals surface area (Å²) in [5, 5.41) is 11.3. The maximum atomic E-state index is 10.2. The molecular weight excluding hydrogens is 279 g/mol. The maximum Gasteiger partial charge on any atom is 0.0830 e. The van der Waals surface area contributed by atoms with Crippen LogP contribution in [0.4, 0.5) is 0 Å². The lowest BCUT2D eigenvalue weighted by atomic mass is 10.00. The average Bonchev–Trinajstić information content (AvgIpc) is 2.43. The standard InChI is InChI=1S/C16H16Cl2O/c1-2-11-3-6-13(7-4-11)16(19)10-12-5-8-14(17)15(18)9-12/h3-9,16,19H,2,10H2,1H3. The second-order valence-corrected chi connectivity index (χ2v) is 5.38. The molecule has 2 rings (SSSR count). The molecule has 0 aromatic heterocycles. The van der Waals surface area contributed by atoms with Gasteiger partial charge < -0.3 is 5.11 Å². The molecule has 3 heteroatoms. The van der Waals surface area contributed by atoms with Crippen molar-refractivity contribution in [3.05, 3.63) is 69.2 Å². The topological polar surface area (TPSA) is 20.2 Å². The number of benzene rings is 2. The van der Waals surface area contributed by atoms with E-state index in [1.807, 2.05) is 30.3 Å². The van der Waals surface area contributed by atoms with Crippen molar-refractivity contribution < 1.29 is 5.11 Å². The summed E-state index contributed by atoms with van der Waals surface area (Å²) in [6.45, 7) is 2.11. The van der Waals surface area contributed by atoms with Gasteiger partial charge in [-0.15, -0.1) is 0 Å². The molecule has 100 valence electrons. The van der Waals surface area contributed by atoms with E-state index in [2.05, 4.69) is 6.92 Å². The SMILES string of the molecule is CCc1ccc(C(O)Cc2ccc(Cl)c(Cl)c2)cc1. The average molecular weight is 295 g/mol. The number of hydrogen-bond acceptors (Lipinski definition) is 1. The molecule has 0 bridgehead atoms. The van der Waals surface area contributed by atoms with Crippen LogP contribution in [-0.2, 0) is 12.8 Å². The number of aliphatic hydroxyl groups is 1. The fourth-order valence-corrected chi connectivity index (χ4v) is 2.30. The summed E-state index contributed by atoms with van der Waals surface area (Å²) in [6.07, 6.45) is 1.01. The first-order valence-corrected chi connectivity index (χ1v) is 7.06. The number of aryl methyl sites for hydroxylation is 1. The second kappa shape index (κ2) is 6.42. The van der Waals surface area contributed by atoms with Crippen molar-refractivity contribution in [2.24, 2.45) is 0 Å². The highest BCUT2D eigenvalue weighted by atomic mass is 35.5. The summed E-state index contributed by atoms with van der Waals surface area (Å²) in [5.41, 5.74) is 3.16. The minimum atomic E-state index is -0.525. The van der Waals surface area contributed by atoms with E-state index < -0.39 is 6.10 Å². The highest BCUT2D eigenvalue weighted by Gasteiger charge is 2.09. The summed E-state index contributed by atoms with van der Waals surface area (Å²) in [7, 11) is 0. The van der Waals surface area contributed by atoms with Gasteiger partial charge in [-0.1, -0.05) is 60.5 Å². The summed E-state index contributed by atoms with van der Waals surface area (Å²) in [5.74, 6) is 0. The Morgan fingerprint density at radius 1 is 0.947 bits per heavy atom. The molecule has 0 aliphatic rings. The fourth-order valence-electron chi connectivity index (χ4n) is 1.98. The molecule has 1 atom stereocenters. The summed E-state index contributed by atoms with van der Waals surface area (Å²) >= 11 is 11.8. The summed E-state index contributed by atoms with van der Waals surface area (Å²) in [6, 6.07) is 13.5. The Kier molecular flexibility index (Phi) is 4.87. The molecule has 0 aliphatic heterocycles. The van der Waals surface area contributed by atoms with Crippen LogP contribution < -0.4 is 0 Å². The number of aliphatic hydroxyl groups excluding tert-OH is 1. The smallest absolute Gasteiger partial charge is 0.0830 e. The molecule has 19 heavy (non-hydrogen) atoms. The van der Waals surface area contributed by atoms with Gasteiger partial charge in [0.2, 0.25) is 0 Å². The molecule has 2 aromatic rings. The van der Waals surface area contributed by atoms with Crippen LogP contribution in [0.25, 0.3) is 0 Å². The lowest BCUT2D eigenvalue weighted by Gasteiger charge is -2.12. The predicted molar refractivity (Wildman–Crippen MR) is 80.9 cm³/mol. The van der Waals surface area contributed by atoms with Gasteiger partial charge in [0.1, 0.15) is 0 Å². The Hall–Kier alpha value is -1.02. The monoisotopic (exact) mass is 294 g/mol. The fraction of sp³-hybridized carbons (Fsp3) is 0.250. The van der Waals surface area contributed by atoms with E-state index in [-0.39, 0.29) is 0 Å². The Balaban J connectivity index is 2.10. The second-order valence-electron chi connectivity index (χ2n) is 4.56. The molecule has 0 saturated heterocycles. The largest absolute Gasteiger partial charge is 0.388 e. The zero-order valence-electron chi connectivity index (χ0n) is 10.7. The molecule has 0 saturated carbocycles. The molecule has 2 aromatic carbocycles. The normalized spacial score (nSPS) is 12.4. The molecule has 0 aliphatic carbocycles. The summed E-state index contributed by atoms with van der Waals surface area (Å²) < 4.78 is 0. The molecule has 0 spiro atoms. The summed E-state index contributed by atoms with van der Waals surface area (Å²) in [4.78, 5) is 0. The number of halogens is 2. The Bertz CT molecular complexity index is 549. The van der Waals surface area contributed by atoms with Crippen LogP contribution in [-0.4, -0.2) is 5.11 Å². The zero-order valence-corrected chi connectivity index (χ0v) is 12.2. The van der Waals surface area contributed by atoms with Crippen LogP contribution >= 0.6 is 23.2 Å². The van der Waals surface area contributed by atoms with Gasteiger partial charge in [0.05, 0.1) is 16.1 Å². The van der Waals surface area contributed by atoms with Gasteiger partial charge in [-0.25, -0.2) is 0 Å². The van der Waals surface area contributed by atoms with E-state index in [9.17, 15) is 5.11 Å². The Labute approximate surface area is 123 Å². The highest BCUT2D eigenvalue weighted by Crippen LogP contribution is 2.25. The Morgan fingerprint density at radius 3 is 2.16 bits per heavy atom. The third kappa shape index (κ3) is 3.73. The van der Waals surface area contributed by atoms with Crippen molar-refractivity contribution in [2.75, 3.05) is 0 Å². The van der Waals surface area contributed by atoms with Gasteiger partial charge in [0, 0.05) is 6.42 Å². The van der Waals surface area contributed by atoms with Crippen molar-refractivity contribution in [3.63, 3.8) is 0 Å². The first-order valence-electron chi connectivity index (χ1n) is 6.31. The van der Waals surface area contributed by atoms with Gasteiger partial charge in [-0.2, -0.15) is 0 Å². The van der Waals surface area contributed by atoms with Crippen molar-refractivity contribution in [1.82, 2.24) is 0 Å². The molecule has 1 nitrogen and oxygen atoms in total. The number of rotatable bonds is 4. The van der Waals surface area contributed by atoms with E-state index in [0.29, 0.717) is 16.5 Å². The first-order chi connectivity index (χ1) is 9.10. The Morgan fingerprint density at radius 2 is 1.58 bits per heavy atom. The molecule has 0 heterocycles. The van der Waals surface area contributed by atoms with Crippen molar-refractivity contribution in [2.45, 2.75) is 25.9 Å². The van der Waals surface area contributed by atoms with Crippen molar-refractivity contribution >= 4 is 23.2 Å². The predicted octanol–water partition coefficient (Wildman–Crippen LogP) is 4.83. The number of hydrogen-bond donors (Lipinski definition) is 1. The van der Waals surface area contributed by atoms with E-state index in [1.165, 1.54) is 5.56 Å². The van der Waals surface area contributed by atoms with Gasteiger partial charge >= 0.3 is 0 Å². The van der Waals surface area contributed by atoms with Gasteiger partial charge in [0.15, 0.2) is 0 Å². The molecule has 1 N–H and O–H groups in total. The lowest BCUT2D eigenvalue weighted by molar-refractivity contribution is 0.178. The van der Waals surface area contributed by atoms with Gasteiger partial charge in [-0.3, -0.25) is 0 Å². The maximum absolute atomic E-state index is 10.2. The van der Waals surface area contributed by atoms with Crippen LogP contribution in [0.15, 0.2) is 42.5 Å². The van der Waals surface area contributed by atoms with Gasteiger partial charge in [-0.05, 0) is 35.2 Å². The van der Waals surface area contributed by atoms with Crippen LogP contribution in [0.2, 0.25) is 10.0 Å². The zero-order chi connectivity index (χ0) is 13.8.